The van der Waals surface area contributed by atoms with E-state index in [4.69, 9.17) is 4.74 Å². The van der Waals surface area contributed by atoms with Gasteiger partial charge in [-0.1, -0.05) is 55.5 Å². The van der Waals surface area contributed by atoms with Crippen LogP contribution in [0.4, 0.5) is 0 Å². The molecule has 1 nitrogen and oxygen atoms in total. The average Bonchev–Trinajstić information content (AvgIpc) is 2.74. The number of allylic oxidation sites excluding steroid dienone is 2. The molecule has 0 spiro atoms. The van der Waals surface area contributed by atoms with Gasteiger partial charge in [0.25, 0.3) is 0 Å². The Morgan fingerprint density at radius 2 is 1.64 bits per heavy atom. The highest BCUT2D eigenvalue weighted by Crippen LogP contribution is 2.36. The zero-order valence-electron chi connectivity index (χ0n) is 17.3. The molecule has 0 saturated heterocycles. The first-order valence-electron chi connectivity index (χ1n) is 10.8. The number of aryl methyl sites for hydroxylation is 1. The van der Waals surface area contributed by atoms with Gasteiger partial charge in [-0.25, -0.2) is 0 Å². The van der Waals surface area contributed by atoms with E-state index in [1.54, 1.807) is 0 Å². The zero-order chi connectivity index (χ0) is 19.6. The SMILES string of the molecule is CCCc1ccc(C#CC=CC2CCC(c3ccc(OCC)cc3)CC2)cc1. The molecule has 0 amide bonds. The van der Waals surface area contributed by atoms with Crippen molar-refractivity contribution >= 4 is 0 Å². The average molecular weight is 373 g/mol. The quantitative estimate of drug-likeness (QED) is 0.500. The highest BCUT2D eigenvalue weighted by molar-refractivity contribution is 5.38. The Labute approximate surface area is 170 Å². The molecule has 28 heavy (non-hydrogen) atoms. The number of hydrogen-bond donors (Lipinski definition) is 0. The minimum absolute atomic E-state index is 0.667. The van der Waals surface area contributed by atoms with Crippen molar-refractivity contribution in [3.05, 3.63) is 77.4 Å². The summed E-state index contributed by atoms with van der Waals surface area (Å²) in [7, 11) is 0. The van der Waals surface area contributed by atoms with E-state index in [0.29, 0.717) is 11.8 Å². The maximum absolute atomic E-state index is 5.55. The Morgan fingerprint density at radius 1 is 0.929 bits per heavy atom. The van der Waals surface area contributed by atoms with Crippen molar-refractivity contribution in [1.82, 2.24) is 0 Å². The molecule has 3 rings (SSSR count). The fraction of sp³-hybridized carbons (Fsp3) is 0.407. The van der Waals surface area contributed by atoms with Crippen LogP contribution in [0.15, 0.2) is 60.7 Å². The maximum Gasteiger partial charge on any atom is 0.119 e. The molecule has 0 aliphatic heterocycles. The van der Waals surface area contributed by atoms with E-state index in [9.17, 15) is 0 Å². The zero-order valence-corrected chi connectivity index (χ0v) is 17.3. The van der Waals surface area contributed by atoms with E-state index in [2.05, 4.69) is 79.4 Å². The Balaban J connectivity index is 1.46. The minimum Gasteiger partial charge on any atom is -0.494 e. The van der Waals surface area contributed by atoms with Crippen molar-refractivity contribution in [3.8, 4) is 17.6 Å². The summed E-state index contributed by atoms with van der Waals surface area (Å²) in [6.07, 6.45) is 11.7. The molecular formula is C27H32O. The number of ether oxygens (including phenoxy) is 1. The smallest absolute Gasteiger partial charge is 0.119 e. The molecule has 2 aromatic rings. The van der Waals surface area contributed by atoms with E-state index in [-0.39, 0.29) is 0 Å². The number of benzene rings is 2. The van der Waals surface area contributed by atoms with Crippen LogP contribution in [0.1, 0.15) is 68.6 Å². The maximum atomic E-state index is 5.55. The Hall–Kier alpha value is -2.46. The second-order valence-corrected chi connectivity index (χ2v) is 7.69. The largest absolute Gasteiger partial charge is 0.494 e. The normalized spacial score (nSPS) is 19.2. The fourth-order valence-corrected chi connectivity index (χ4v) is 4.00. The number of rotatable bonds is 6. The standard InChI is InChI=1S/C27H32O/c1-3-7-22-10-12-23(13-11-22)8-5-6-9-24-14-16-25(17-15-24)26-18-20-27(21-19-26)28-4-2/h6,9-13,18-21,24-25H,3-4,7,14-17H2,1-2H3. The van der Waals surface area contributed by atoms with Gasteiger partial charge in [-0.05, 0) is 92.3 Å². The molecule has 0 heterocycles. The molecule has 1 aliphatic carbocycles. The summed E-state index contributed by atoms with van der Waals surface area (Å²) in [5, 5.41) is 0. The summed E-state index contributed by atoms with van der Waals surface area (Å²) in [6, 6.07) is 17.3. The van der Waals surface area contributed by atoms with Crippen LogP contribution in [-0.2, 0) is 6.42 Å². The third-order valence-electron chi connectivity index (χ3n) is 5.60. The molecule has 0 N–H and O–H groups in total. The van der Waals surface area contributed by atoms with Crippen molar-refractivity contribution < 1.29 is 4.74 Å². The van der Waals surface area contributed by atoms with Crippen LogP contribution < -0.4 is 4.74 Å². The third-order valence-corrected chi connectivity index (χ3v) is 5.60. The topological polar surface area (TPSA) is 9.23 Å². The Morgan fingerprint density at radius 3 is 2.29 bits per heavy atom. The van der Waals surface area contributed by atoms with Gasteiger partial charge in [0.1, 0.15) is 5.75 Å². The van der Waals surface area contributed by atoms with Crippen LogP contribution in [0.5, 0.6) is 5.75 Å². The molecule has 1 fully saturated rings. The summed E-state index contributed by atoms with van der Waals surface area (Å²) >= 11 is 0. The monoisotopic (exact) mass is 372 g/mol. The van der Waals surface area contributed by atoms with Crippen molar-refractivity contribution in [3.63, 3.8) is 0 Å². The van der Waals surface area contributed by atoms with Crippen molar-refractivity contribution in [2.75, 3.05) is 6.61 Å². The van der Waals surface area contributed by atoms with Gasteiger partial charge < -0.3 is 4.74 Å². The minimum atomic E-state index is 0.667. The summed E-state index contributed by atoms with van der Waals surface area (Å²) in [5.74, 6) is 8.80. The van der Waals surface area contributed by atoms with Crippen LogP contribution in [0.2, 0.25) is 0 Å². The van der Waals surface area contributed by atoms with Crippen LogP contribution in [0.3, 0.4) is 0 Å². The molecule has 0 atom stereocenters. The second-order valence-electron chi connectivity index (χ2n) is 7.69. The Bertz CT molecular complexity index is 794. The predicted octanol–water partition coefficient (Wildman–Crippen LogP) is 6.92. The van der Waals surface area contributed by atoms with E-state index in [1.165, 1.54) is 43.2 Å². The van der Waals surface area contributed by atoms with Gasteiger partial charge in [0.2, 0.25) is 0 Å². The van der Waals surface area contributed by atoms with Crippen molar-refractivity contribution in [2.45, 2.75) is 58.3 Å². The molecule has 0 bridgehead atoms. The molecule has 2 aromatic carbocycles. The number of hydrogen-bond acceptors (Lipinski definition) is 1. The lowest BCUT2D eigenvalue weighted by Gasteiger charge is -2.27. The van der Waals surface area contributed by atoms with Crippen LogP contribution >= 0.6 is 0 Å². The first-order chi connectivity index (χ1) is 13.8. The fourth-order valence-electron chi connectivity index (χ4n) is 4.00. The first kappa shape index (κ1) is 20.3. The van der Waals surface area contributed by atoms with Gasteiger partial charge in [-0.3, -0.25) is 0 Å². The van der Waals surface area contributed by atoms with Gasteiger partial charge in [-0.2, -0.15) is 0 Å². The molecule has 1 heteroatoms. The molecule has 146 valence electrons. The van der Waals surface area contributed by atoms with Crippen molar-refractivity contribution in [2.24, 2.45) is 5.92 Å². The highest BCUT2D eigenvalue weighted by Gasteiger charge is 2.20. The van der Waals surface area contributed by atoms with E-state index in [0.717, 1.165) is 24.3 Å². The summed E-state index contributed by atoms with van der Waals surface area (Å²) in [5.41, 5.74) is 3.95. The third kappa shape index (κ3) is 6.03. The summed E-state index contributed by atoms with van der Waals surface area (Å²) in [4.78, 5) is 0. The van der Waals surface area contributed by atoms with Crippen LogP contribution in [-0.4, -0.2) is 6.61 Å². The Kier molecular flexibility index (Phi) is 7.80. The van der Waals surface area contributed by atoms with E-state index < -0.39 is 0 Å². The molecule has 0 radical (unpaired) electrons. The first-order valence-corrected chi connectivity index (χ1v) is 10.8. The summed E-state index contributed by atoms with van der Waals surface area (Å²) in [6.45, 7) is 4.96. The molecule has 0 unspecified atom stereocenters. The van der Waals surface area contributed by atoms with Gasteiger partial charge in [0.15, 0.2) is 0 Å². The van der Waals surface area contributed by atoms with Crippen LogP contribution in [0, 0.1) is 17.8 Å². The van der Waals surface area contributed by atoms with Crippen LogP contribution in [0.25, 0.3) is 0 Å². The van der Waals surface area contributed by atoms with E-state index >= 15 is 0 Å². The van der Waals surface area contributed by atoms with Crippen molar-refractivity contribution in [1.29, 1.82) is 0 Å². The highest BCUT2D eigenvalue weighted by atomic mass is 16.5. The van der Waals surface area contributed by atoms with Gasteiger partial charge >= 0.3 is 0 Å². The van der Waals surface area contributed by atoms with Gasteiger partial charge in [0, 0.05) is 5.56 Å². The predicted molar refractivity (Wildman–Crippen MR) is 119 cm³/mol. The molecule has 1 aliphatic rings. The molecular weight excluding hydrogens is 340 g/mol. The summed E-state index contributed by atoms with van der Waals surface area (Å²) < 4.78 is 5.55. The second kappa shape index (κ2) is 10.8. The lowest BCUT2D eigenvalue weighted by Crippen LogP contribution is -2.11. The van der Waals surface area contributed by atoms with Gasteiger partial charge in [-0.15, -0.1) is 0 Å². The van der Waals surface area contributed by atoms with Gasteiger partial charge in [0.05, 0.1) is 6.61 Å². The van der Waals surface area contributed by atoms with E-state index in [1.807, 2.05) is 6.92 Å². The lowest BCUT2D eigenvalue weighted by molar-refractivity contribution is 0.339. The lowest BCUT2D eigenvalue weighted by atomic mass is 9.78. The molecule has 0 aromatic heterocycles. The molecule has 1 saturated carbocycles.